The fourth-order valence-electron chi connectivity index (χ4n) is 3.10. The number of rotatable bonds is 0. The van der Waals surface area contributed by atoms with Gasteiger partial charge in [0, 0.05) is 30.7 Å². The molecule has 126 valence electrons. The molecule has 3 heterocycles. The predicted octanol–water partition coefficient (Wildman–Crippen LogP) is 2.72. The molecule has 0 aliphatic carbocycles. The first-order valence-electron chi connectivity index (χ1n) is 8.28. The molecule has 1 unspecified atom stereocenters. The average Bonchev–Trinajstić information content (AvgIpc) is 2.57. The fourth-order valence-corrected chi connectivity index (χ4v) is 3.44. The Labute approximate surface area is 150 Å². The summed E-state index contributed by atoms with van der Waals surface area (Å²) in [6.45, 7) is 8.12. The summed E-state index contributed by atoms with van der Waals surface area (Å²) in [4.78, 5) is 14.5. The van der Waals surface area contributed by atoms with Crippen molar-refractivity contribution in [3.63, 3.8) is 0 Å². The lowest BCUT2D eigenvalue weighted by molar-refractivity contribution is 0.217. The zero-order valence-corrected chi connectivity index (χ0v) is 15.8. The Balaban J connectivity index is 1.81. The highest BCUT2D eigenvalue weighted by Gasteiger charge is 2.34. The van der Waals surface area contributed by atoms with Gasteiger partial charge in [-0.05, 0) is 39.1 Å². The maximum Gasteiger partial charge on any atom is 0.193 e. The number of amidine groups is 2. The summed E-state index contributed by atoms with van der Waals surface area (Å²) in [5.41, 5.74) is 2.94. The third-order valence-electron chi connectivity index (χ3n) is 4.77. The Hall–Kier alpha value is -1.73. The first-order valence-corrected chi connectivity index (χ1v) is 9.07. The maximum atomic E-state index is 4.94. The van der Waals surface area contributed by atoms with Gasteiger partial charge in [0.05, 0.1) is 23.1 Å². The van der Waals surface area contributed by atoms with Gasteiger partial charge in [0.15, 0.2) is 11.7 Å². The number of piperazine rings is 1. The molecule has 4 rings (SSSR count). The zero-order valence-electron chi connectivity index (χ0n) is 14.2. The van der Waals surface area contributed by atoms with Gasteiger partial charge in [0.1, 0.15) is 0 Å². The van der Waals surface area contributed by atoms with Crippen LogP contribution < -0.4 is 5.01 Å². The number of aliphatic imine (C=N–C) groups is 2. The lowest BCUT2D eigenvalue weighted by atomic mass is 10.1. The van der Waals surface area contributed by atoms with Gasteiger partial charge < -0.3 is 9.80 Å². The van der Waals surface area contributed by atoms with Gasteiger partial charge in [0.25, 0.3) is 0 Å². The van der Waals surface area contributed by atoms with Gasteiger partial charge >= 0.3 is 0 Å². The summed E-state index contributed by atoms with van der Waals surface area (Å²) < 4.78 is 1.02. The lowest BCUT2D eigenvalue weighted by Crippen LogP contribution is -2.54. The summed E-state index contributed by atoms with van der Waals surface area (Å²) in [5.74, 6) is 1.81. The number of hydrogen-bond acceptors (Lipinski definition) is 6. The number of anilines is 1. The normalized spacial score (nSPS) is 24.0. The van der Waals surface area contributed by atoms with Crippen LogP contribution in [0.15, 0.2) is 37.8 Å². The Bertz CT molecular complexity index is 760. The van der Waals surface area contributed by atoms with E-state index < -0.39 is 0 Å². The van der Waals surface area contributed by atoms with E-state index in [2.05, 4.69) is 45.8 Å². The van der Waals surface area contributed by atoms with Gasteiger partial charge in [0.2, 0.25) is 0 Å². The minimum absolute atomic E-state index is 0.0858. The molecule has 7 heteroatoms. The van der Waals surface area contributed by atoms with E-state index in [0.717, 1.165) is 59.4 Å². The van der Waals surface area contributed by atoms with Crippen LogP contribution in [0.1, 0.15) is 13.8 Å². The molecule has 0 aromatic heterocycles. The summed E-state index contributed by atoms with van der Waals surface area (Å²) in [6.07, 6.45) is 0. The molecule has 1 fully saturated rings. The van der Waals surface area contributed by atoms with Crippen molar-refractivity contribution in [3.8, 4) is 0 Å². The minimum Gasteiger partial charge on any atom is -0.351 e. The van der Waals surface area contributed by atoms with Crippen LogP contribution in [0, 0.1) is 0 Å². The van der Waals surface area contributed by atoms with Crippen LogP contribution >= 0.6 is 15.9 Å². The topological polar surface area (TPSA) is 46.8 Å². The van der Waals surface area contributed by atoms with Gasteiger partial charge in [-0.3, -0.25) is 4.99 Å². The summed E-state index contributed by atoms with van der Waals surface area (Å²) in [6, 6.07) is 6.20. The van der Waals surface area contributed by atoms with Crippen molar-refractivity contribution in [1.29, 1.82) is 0 Å². The largest absolute Gasteiger partial charge is 0.351 e. The van der Waals surface area contributed by atoms with Crippen LogP contribution in [-0.2, 0) is 0 Å². The molecular weight excluding hydrogens is 368 g/mol. The Morgan fingerprint density at radius 2 is 1.88 bits per heavy atom. The second kappa shape index (κ2) is 5.97. The standard InChI is InChI=1S/C17H21BrN6/c1-11-12(2)21-24-15-10-13(18)4-5-14(15)20-16(17(24)19-11)23-8-6-22(3)7-9-23/h4-5,10-11H,6-9H2,1-3H3. The molecule has 1 atom stereocenters. The van der Waals surface area contributed by atoms with Crippen molar-refractivity contribution in [1.82, 2.24) is 9.80 Å². The molecule has 1 aromatic rings. The zero-order chi connectivity index (χ0) is 16.8. The number of hydrazone groups is 1. The van der Waals surface area contributed by atoms with E-state index in [9.17, 15) is 0 Å². The summed E-state index contributed by atoms with van der Waals surface area (Å²) in [5, 5.41) is 6.76. The molecule has 0 saturated carbocycles. The van der Waals surface area contributed by atoms with Crippen molar-refractivity contribution in [2.24, 2.45) is 15.1 Å². The maximum absolute atomic E-state index is 4.94. The molecule has 3 aliphatic rings. The van der Waals surface area contributed by atoms with Gasteiger partial charge in [-0.15, -0.1) is 0 Å². The molecule has 6 nitrogen and oxygen atoms in total. The van der Waals surface area contributed by atoms with Gasteiger partial charge in [-0.1, -0.05) is 15.9 Å². The second-order valence-corrected chi connectivity index (χ2v) is 7.46. The van der Waals surface area contributed by atoms with E-state index in [1.54, 1.807) is 0 Å². The van der Waals surface area contributed by atoms with Crippen LogP contribution in [0.3, 0.4) is 0 Å². The third kappa shape index (κ3) is 2.65. The highest BCUT2D eigenvalue weighted by molar-refractivity contribution is 9.10. The van der Waals surface area contributed by atoms with Crippen LogP contribution in [0.4, 0.5) is 11.4 Å². The SMILES string of the molecule is CC1=NN2C(=NC1C)C(N1CCN(C)CC1)=Nc1ccc(Br)cc12. The Morgan fingerprint density at radius 1 is 1.12 bits per heavy atom. The molecule has 0 bridgehead atoms. The molecule has 1 aromatic carbocycles. The molecule has 24 heavy (non-hydrogen) atoms. The van der Waals surface area contributed by atoms with Crippen molar-refractivity contribution in [2.45, 2.75) is 19.9 Å². The number of fused-ring (bicyclic) bond motifs is 3. The van der Waals surface area contributed by atoms with Crippen molar-refractivity contribution in [3.05, 3.63) is 22.7 Å². The first-order chi connectivity index (χ1) is 11.5. The van der Waals surface area contributed by atoms with Crippen LogP contribution in [0.2, 0.25) is 0 Å². The van der Waals surface area contributed by atoms with Crippen molar-refractivity contribution < 1.29 is 0 Å². The van der Waals surface area contributed by atoms with E-state index in [0.29, 0.717) is 0 Å². The fraction of sp³-hybridized carbons (Fsp3) is 0.471. The Kier molecular flexibility index (Phi) is 3.92. The van der Waals surface area contributed by atoms with E-state index in [1.807, 2.05) is 24.1 Å². The number of likely N-dealkylation sites (N-methyl/N-ethyl adjacent to an activating group) is 1. The average molecular weight is 389 g/mol. The monoisotopic (exact) mass is 388 g/mol. The highest BCUT2D eigenvalue weighted by Crippen LogP contribution is 2.37. The molecule has 0 spiro atoms. The molecule has 1 saturated heterocycles. The summed E-state index contributed by atoms with van der Waals surface area (Å²) >= 11 is 3.55. The predicted molar refractivity (Wildman–Crippen MR) is 103 cm³/mol. The van der Waals surface area contributed by atoms with Crippen LogP contribution in [0.25, 0.3) is 0 Å². The van der Waals surface area contributed by atoms with E-state index in [4.69, 9.17) is 15.1 Å². The van der Waals surface area contributed by atoms with E-state index in [-0.39, 0.29) is 6.04 Å². The lowest BCUT2D eigenvalue weighted by Gasteiger charge is -2.39. The highest BCUT2D eigenvalue weighted by atomic mass is 79.9. The third-order valence-corrected chi connectivity index (χ3v) is 5.27. The summed E-state index contributed by atoms with van der Waals surface area (Å²) in [7, 11) is 2.16. The number of hydrogen-bond donors (Lipinski definition) is 0. The van der Waals surface area contributed by atoms with Crippen molar-refractivity contribution in [2.75, 3.05) is 38.2 Å². The first kappa shape index (κ1) is 15.8. The van der Waals surface area contributed by atoms with Crippen LogP contribution in [-0.4, -0.2) is 66.5 Å². The van der Waals surface area contributed by atoms with Gasteiger partial charge in [-0.2, -0.15) is 5.10 Å². The smallest absolute Gasteiger partial charge is 0.193 e. The molecule has 0 amide bonds. The molecule has 3 aliphatic heterocycles. The molecular formula is C17H21BrN6. The molecule has 0 N–H and O–H groups in total. The second-order valence-electron chi connectivity index (χ2n) is 6.54. The quantitative estimate of drug-likeness (QED) is 0.686. The van der Waals surface area contributed by atoms with E-state index in [1.165, 1.54) is 0 Å². The van der Waals surface area contributed by atoms with E-state index >= 15 is 0 Å². The number of halogens is 1. The van der Waals surface area contributed by atoms with Crippen molar-refractivity contribution >= 4 is 44.7 Å². The molecule has 0 radical (unpaired) electrons. The number of benzene rings is 1. The number of nitrogens with zero attached hydrogens (tertiary/aromatic N) is 6. The van der Waals surface area contributed by atoms with Crippen LogP contribution in [0.5, 0.6) is 0 Å². The minimum atomic E-state index is 0.0858. The van der Waals surface area contributed by atoms with Gasteiger partial charge in [-0.25, -0.2) is 10.0 Å². The Morgan fingerprint density at radius 3 is 2.62 bits per heavy atom.